The molecule has 1 aromatic carbocycles. The molecule has 1 amide bonds. The standard InChI is InChI=1S/C19H23FN4O/c1-23(2)13-17(25)24-11-5-6-14(12-24)18-19(22-10-9-21-18)15-7-3-4-8-16(15)20/h3-4,7-10,14H,5-6,11-13H2,1-2H3/t14-/m0/s1. The number of benzene rings is 1. The highest BCUT2D eigenvalue weighted by molar-refractivity contribution is 5.78. The highest BCUT2D eigenvalue weighted by Gasteiger charge is 2.28. The molecule has 1 aliphatic heterocycles. The fourth-order valence-electron chi connectivity index (χ4n) is 3.31. The molecule has 0 unspecified atom stereocenters. The highest BCUT2D eigenvalue weighted by atomic mass is 19.1. The average molecular weight is 342 g/mol. The zero-order valence-corrected chi connectivity index (χ0v) is 14.7. The van der Waals surface area contributed by atoms with Gasteiger partial charge in [0.15, 0.2) is 0 Å². The molecule has 132 valence electrons. The van der Waals surface area contributed by atoms with Gasteiger partial charge in [-0.3, -0.25) is 14.8 Å². The van der Waals surface area contributed by atoms with Crippen LogP contribution in [-0.4, -0.2) is 59.4 Å². The second kappa shape index (κ2) is 7.70. The van der Waals surface area contributed by atoms with Gasteiger partial charge in [0.1, 0.15) is 5.82 Å². The molecule has 0 aliphatic carbocycles. The van der Waals surface area contributed by atoms with Gasteiger partial charge >= 0.3 is 0 Å². The van der Waals surface area contributed by atoms with Gasteiger partial charge in [-0.1, -0.05) is 12.1 Å². The summed E-state index contributed by atoms with van der Waals surface area (Å²) in [6.45, 7) is 1.76. The molecule has 3 rings (SSSR count). The largest absolute Gasteiger partial charge is 0.341 e. The van der Waals surface area contributed by atoms with E-state index in [1.54, 1.807) is 30.6 Å². The summed E-state index contributed by atoms with van der Waals surface area (Å²) in [5.74, 6) is -0.116. The molecule has 0 saturated carbocycles. The number of hydrogen-bond donors (Lipinski definition) is 0. The lowest BCUT2D eigenvalue weighted by atomic mass is 9.91. The van der Waals surface area contributed by atoms with Crippen LogP contribution in [-0.2, 0) is 4.79 Å². The molecule has 1 aromatic heterocycles. The second-order valence-corrected chi connectivity index (χ2v) is 6.69. The quantitative estimate of drug-likeness (QED) is 0.857. The smallest absolute Gasteiger partial charge is 0.236 e. The minimum atomic E-state index is -0.305. The van der Waals surface area contributed by atoms with Gasteiger partial charge in [-0.15, -0.1) is 0 Å². The summed E-state index contributed by atoms with van der Waals surface area (Å²) >= 11 is 0. The van der Waals surface area contributed by atoms with E-state index in [0.717, 1.165) is 25.1 Å². The van der Waals surface area contributed by atoms with E-state index >= 15 is 0 Å². The molecular weight excluding hydrogens is 319 g/mol. The molecule has 5 nitrogen and oxygen atoms in total. The lowest BCUT2D eigenvalue weighted by molar-refractivity contribution is -0.133. The van der Waals surface area contributed by atoms with E-state index < -0.39 is 0 Å². The van der Waals surface area contributed by atoms with Crippen LogP contribution in [0.3, 0.4) is 0 Å². The molecule has 1 fully saturated rings. The Hall–Kier alpha value is -2.34. The molecule has 0 radical (unpaired) electrons. The maximum Gasteiger partial charge on any atom is 0.236 e. The zero-order chi connectivity index (χ0) is 17.8. The fourth-order valence-corrected chi connectivity index (χ4v) is 3.31. The van der Waals surface area contributed by atoms with Crippen LogP contribution in [0, 0.1) is 5.82 Å². The molecule has 1 saturated heterocycles. The van der Waals surface area contributed by atoms with E-state index in [1.807, 2.05) is 23.9 Å². The van der Waals surface area contributed by atoms with Crippen molar-refractivity contribution in [1.82, 2.24) is 19.8 Å². The van der Waals surface area contributed by atoms with Gasteiger partial charge in [0.05, 0.1) is 17.9 Å². The molecule has 0 spiro atoms. The summed E-state index contributed by atoms with van der Waals surface area (Å²) in [6, 6.07) is 6.62. The van der Waals surface area contributed by atoms with Crippen molar-refractivity contribution in [3.05, 3.63) is 48.2 Å². The summed E-state index contributed by atoms with van der Waals surface area (Å²) in [7, 11) is 3.77. The number of piperidine rings is 1. The van der Waals surface area contributed by atoms with Crippen LogP contribution < -0.4 is 0 Å². The molecule has 6 heteroatoms. The van der Waals surface area contributed by atoms with Gasteiger partial charge in [-0.2, -0.15) is 0 Å². The third-order valence-corrected chi connectivity index (χ3v) is 4.47. The molecule has 25 heavy (non-hydrogen) atoms. The van der Waals surface area contributed by atoms with Crippen molar-refractivity contribution >= 4 is 5.91 Å². The van der Waals surface area contributed by atoms with Crippen LogP contribution >= 0.6 is 0 Å². The first-order chi connectivity index (χ1) is 12.1. The van der Waals surface area contributed by atoms with Gasteiger partial charge < -0.3 is 9.80 Å². The predicted molar refractivity (Wildman–Crippen MR) is 94.5 cm³/mol. The first-order valence-electron chi connectivity index (χ1n) is 8.54. The van der Waals surface area contributed by atoms with E-state index in [4.69, 9.17) is 0 Å². The molecule has 2 heterocycles. The number of likely N-dealkylation sites (tertiary alicyclic amines) is 1. The van der Waals surface area contributed by atoms with E-state index in [-0.39, 0.29) is 17.6 Å². The van der Waals surface area contributed by atoms with Gasteiger partial charge in [0.25, 0.3) is 0 Å². The van der Waals surface area contributed by atoms with Crippen LogP contribution in [0.2, 0.25) is 0 Å². The normalized spacial score (nSPS) is 17.8. The maximum atomic E-state index is 14.2. The lowest BCUT2D eigenvalue weighted by Crippen LogP contribution is -2.43. The van der Waals surface area contributed by atoms with Crippen molar-refractivity contribution < 1.29 is 9.18 Å². The van der Waals surface area contributed by atoms with E-state index in [2.05, 4.69) is 9.97 Å². The van der Waals surface area contributed by atoms with Gasteiger partial charge in [-0.25, -0.2) is 4.39 Å². The number of halogens is 1. The van der Waals surface area contributed by atoms with E-state index in [0.29, 0.717) is 24.3 Å². The predicted octanol–water partition coefficient (Wildman–Crippen LogP) is 2.55. The van der Waals surface area contributed by atoms with Crippen molar-refractivity contribution in [2.24, 2.45) is 0 Å². The number of aromatic nitrogens is 2. The minimum Gasteiger partial charge on any atom is -0.341 e. The zero-order valence-electron chi connectivity index (χ0n) is 14.7. The van der Waals surface area contributed by atoms with Crippen molar-refractivity contribution in [2.45, 2.75) is 18.8 Å². The van der Waals surface area contributed by atoms with Crippen molar-refractivity contribution in [3.8, 4) is 11.3 Å². The fraction of sp³-hybridized carbons (Fsp3) is 0.421. The van der Waals surface area contributed by atoms with Crippen LogP contribution in [0.15, 0.2) is 36.7 Å². The summed E-state index contributed by atoms with van der Waals surface area (Å²) < 4.78 is 14.2. The molecule has 0 bridgehead atoms. The van der Waals surface area contributed by atoms with E-state index in [1.165, 1.54) is 6.07 Å². The Morgan fingerprint density at radius 3 is 2.80 bits per heavy atom. The van der Waals surface area contributed by atoms with Crippen molar-refractivity contribution in [2.75, 3.05) is 33.7 Å². The number of amides is 1. The number of hydrogen-bond acceptors (Lipinski definition) is 4. The minimum absolute atomic E-state index is 0.0724. The SMILES string of the molecule is CN(C)CC(=O)N1CCC[C@H](c2nccnc2-c2ccccc2F)C1. The lowest BCUT2D eigenvalue weighted by Gasteiger charge is -2.33. The first-order valence-corrected chi connectivity index (χ1v) is 8.54. The Morgan fingerprint density at radius 1 is 1.28 bits per heavy atom. The monoisotopic (exact) mass is 342 g/mol. The number of rotatable bonds is 4. The Bertz CT molecular complexity index is 750. The summed E-state index contributed by atoms with van der Waals surface area (Å²) in [4.78, 5) is 25.0. The van der Waals surface area contributed by atoms with Gasteiger partial charge in [-0.05, 0) is 39.1 Å². The van der Waals surface area contributed by atoms with Crippen LogP contribution in [0.4, 0.5) is 4.39 Å². The third kappa shape index (κ3) is 4.02. The van der Waals surface area contributed by atoms with Crippen molar-refractivity contribution in [3.63, 3.8) is 0 Å². The van der Waals surface area contributed by atoms with Crippen LogP contribution in [0.25, 0.3) is 11.3 Å². The molecule has 1 aliphatic rings. The Balaban J connectivity index is 1.87. The average Bonchev–Trinajstić information content (AvgIpc) is 2.62. The number of carbonyl (C=O) groups excluding carboxylic acids is 1. The summed E-state index contributed by atoms with van der Waals surface area (Å²) in [5, 5.41) is 0. The van der Waals surface area contributed by atoms with Gasteiger partial charge in [0, 0.05) is 37.0 Å². The third-order valence-electron chi connectivity index (χ3n) is 4.47. The molecule has 0 N–H and O–H groups in total. The number of carbonyl (C=O) groups is 1. The van der Waals surface area contributed by atoms with Gasteiger partial charge in [0.2, 0.25) is 5.91 Å². The Kier molecular flexibility index (Phi) is 5.38. The first kappa shape index (κ1) is 17.5. The topological polar surface area (TPSA) is 49.3 Å². The second-order valence-electron chi connectivity index (χ2n) is 6.69. The summed E-state index contributed by atoms with van der Waals surface area (Å²) in [6.07, 6.45) is 5.06. The maximum absolute atomic E-state index is 14.2. The molecule has 1 atom stereocenters. The molecular formula is C19H23FN4O. The summed E-state index contributed by atoms with van der Waals surface area (Å²) in [5.41, 5.74) is 1.81. The molecule has 2 aromatic rings. The number of nitrogens with zero attached hydrogens (tertiary/aromatic N) is 4. The Morgan fingerprint density at radius 2 is 2.04 bits per heavy atom. The van der Waals surface area contributed by atoms with E-state index in [9.17, 15) is 9.18 Å². The Labute approximate surface area is 147 Å². The van der Waals surface area contributed by atoms with Crippen LogP contribution in [0.1, 0.15) is 24.5 Å². The van der Waals surface area contributed by atoms with Crippen molar-refractivity contribution in [1.29, 1.82) is 0 Å². The highest BCUT2D eigenvalue weighted by Crippen LogP contribution is 2.32. The number of likely N-dealkylation sites (N-methyl/N-ethyl adjacent to an activating group) is 1. The van der Waals surface area contributed by atoms with Crippen LogP contribution in [0.5, 0.6) is 0 Å².